The van der Waals surface area contributed by atoms with Crippen LogP contribution in [0.4, 0.5) is 11.4 Å². The number of hydrogen-bond acceptors (Lipinski definition) is 4. The van der Waals surface area contributed by atoms with Crippen LogP contribution in [0.3, 0.4) is 0 Å². The van der Waals surface area contributed by atoms with Gasteiger partial charge in [0.15, 0.2) is 0 Å². The third-order valence-corrected chi connectivity index (χ3v) is 3.94. The molecule has 1 aliphatic rings. The summed E-state index contributed by atoms with van der Waals surface area (Å²) in [4.78, 5) is 13.7. The van der Waals surface area contributed by atoms with Crippen LogP contribution in [-0.4, -0.2) is 30.2 Å². The van der Waals surface area contributed by atoms with Crippen LogP contribution in [0.25, 0.3) is 0 Å². The Hall–Kier alpha value is -2.37. The van der Waals surface area contributed by atoms with Crippen molar-refractivity contribution in [1.29, 1.82) is 0 Å². The quantitative estimate of drug-likeness (QED) is 0.598. The summed E-state index contributed by atoms with van der Waals surface area (Å²) in [6, 6.07) is 17.9. The van der Waals surface area contributed by atoms with E-state index in [0.29, 0.717) is 11.6 Å². The van der Waals surface area contributed by atoms with E-state index in [2.05, 4.69) is 22.3 Å². The molecule has 3 N–H and O–H groups in total. The van der Waals surface area contributed by atoms with E-state index in [0.717, 1.165) is 30.9 Å². The van der Waals surface area contributed by atoms with Crippen LogP contribution in [0.1, 0.15) is 16.8 Å². The van der Waals surface area contributed by atoms with E-state index >= 15 is 0 Å². The molecule has 1 heterocycles. The smallest absolute Gasteiger partial charge is 0.274 e. The van der Waals surface area contributed by atoms with Crippen LogP contribution in [-0.2, 0) is 0 Å². The van der Waals surface area contributed by atoms with Crippen molar-refractivity contribution < 1.29 is 10.0 Å². The largest absolute Gasteiger partial charge is 0.337 e. The minimum Gasteiger partial charge on any atom is -0.337 e. The van der Waals surface area contributed by atoms with Gasteiger partial charge >= 0.3 is 0 Å². The standard InChI is InChI=1S/C17H19N3O2/c21-17(19-22)13-6-8-15(9-7-13)20(16-10-11-18-12-16)14-4-2-1-3-5-14/h1-9,16,18,22H,10-12H2,(H,19,21). The zero-order valence-corrected chi connectivity index (χ0v) is 12.2. The van der Waals surface area contributed by atoms with Crippen molar-refractivity contribution in [3.63, 3.8) is 0 Å². The second-order valence-electron chi connectivity index (χ2n) is 5.34. The minimum atomic E-state index is -0.500. The number of hydrogen-bond donors (Lipinski definition) is 3. The lowest BCUT2D eigenvalue weighted by molar-refractivity contribution is 0.0706. The number of anilines is 2. The van der Waals surface area contributed by atoms with Crippen molar-refractivity contribution >= 4 is 17.3 Å². The number of hydroxylamine groups is 1. The molecule has 5 heteroatoms. The first-order valence-corrected chi connectivity index (χ1v) is 7.39. The number of amides is 1. The first kappa shape index (κ1) is 14.6. The van der Waals surface area contributed by atoms with Crippen LogP contribution in [0.15, 0.2) is 54.6 Å². The summed E-state index contributed by atoms with van der Waals surface area (Å²) >= 11 is 0. The van der Waals surface area contributed by atoms with Crippen molar-refractivity contribution in [2.45, 2.75) is 12.5 Å². The van der Waals surface area contributed by atoms with Gasteiger partial charge in [0, 0.05) is 29.5 Å². The lowest BCUT2D eigenvalue weighted by Gasteiger charge is -2.31. The van der Waals surface area contributed by atoms with Gasteiger partial charge in [-0.15, -0.1) is 0 Å². The van der Waals surface area contributed by atoms with E-state index < -0.39 is 5.91 Å². The van der Waals surface area contributed by atoms with Crippen LogP contribution >= 0.6 is 0 Å². The van der Waals surface area contributed by atoms with Crippen molar-refractivity contribution in [1.82, 2.24) is 10.8 Å². The Morgan fingerprint density at radius 1 is 1.09 bits per heavy atom. The van der Waals surface area contributed by atoms with Gasteiger partial charge < -0.3 is 10.2 Å². The number of carbonyl (C=O) groups is 1. The van der Waals surface area contributed by atoms with E-state index in [1.54, 1.807) is 17.6 Å². The number of para-hydroxylation sites is 1. The fraction of sp³-hybridized carbons (Fsp3) is 0.235. The van der Waals surface area contributed by atoms with Gasteiger partial charge in [0.05, 0.1) is 0 Å². The molecule has 1 atom stereocenters. The SMILES string of the molecule is O=C(NO)c1ccc(N(c2ccccc2)C2CCNC2)cc1. The maximum atomic E-state index is 11.4. The summed E-state index contributed by atoms with van der Waals surface area (Å²) in [5.74, 6) is -0.500. The van der Waals surface area contributed by atoms with Gasteiger partial charge in [-0.3, -0.25) is 10.0 Å². The molecule has 5 nitrogen and oxygen atoms in total. The Bertz CT molecular complexity index is 622. The van der Waals surface area contributed by atoms with Crippen molar-refractivity contribution in [3.05, 3.63) is 60.2 Å². The Balaban J connectivity index is 1.93. The summed E-state index contributed by atoms with van der Waals surface area (Å²) in [5, 5.41) is 12.1. The lowest BCUT2D eigenvalue weighted by atomic mass is 10.1. The number of carbonyl (C=O) groups excluding carboxylic acids is 1. The van der Waals surface area contributed by atoms with E-state index in [1.165, 1.54) is 0 Å². The Morgan fingerprint density at radius 3 is 2.36 bits per heavy atom. The molecule has 1 saturated heterocycles. The predicted molar refractivity (Wildman–Crippen MR) is 85.6 cm³/mol. The molecule has 0 saturated carbocycles. The molecule has 1 amide bonds. The molecule has 2 aromatic rings. The highest BCUT2D eigenvalue weighted by Crippen LogP contribution is 2.30. The maximum absolute atomic E-state index is 11.4. The molecule has 114 valence electrons. The van der Waals surface area contributed by atoms with Crippen LogP contribution in [0.2, 0.25) is 0 Å². The van der Waals surface area contributed by atoms with Crippen molar-refractivity contribution in [3.8, 4) is 0 Å². The van der Waals surface area contributed by atoms with Gasteiger partial charge in [0.25, 0.3) is 5.91 Å². The second kappa shape index (κ2) is 6.60. The fourth-order valence-electron chi connectivity index (χ4n) is 2.86. The van der Waals surface area contributed by atoms with E-state index in [-0.39, 0.29) is 0 Å². The highest BCUT2D eigenvalue weighted by atomic mass is 16.5. The molecule has 1 unspecified atom stereocenters. The van der Waals surface area contributed by atoms with Gasteiger partial charge in [-0.05, 0) is 49.4 Å². The molecule has 0 bridgehead atoms. The zero-order chi connectivity index (χ0) is 15.4. The summed E-state index contributed by atoms with van der Waals surface area (Å²) in [6.07, 6.45) is 1.08. The van der Waals surface area contributed by atoms with Gasteiger partial charge in [-0.25, -0.2) is 5.48 Å². The molecular weight excluding hydrogens is 278 g/mol. The molecule has 1 fully saturated rings. The number of rotatable bonds is 4. The Labute approximate surface area is 129 Å². The maximum Gasteiger partial charge on any atom is 0.274 e. The van der Waals surface area contributed by atoms with Gasteiger partial charge in [-0.2, -0.15) is 0 Å². The first-order valence-electron chi connectivity index (χ1n) is 7.39. The third-order valence-electron chi connectivity index (χ3n) is 3.94. The molecule has 0 spiro atoms. The summed E-state index contributed by atoms with van der Waals surface area (Å²) in [5.41, 5.74) is 4.26. The average molecular weight is 297 g/mol. The minimum absolute atomic E-state index is 0.389. The number of benzene rings is 2. The van der Waals surface area contributed by atoms with E-state index in [4.69, 9.17) is 5.21 Å². The number of nitrogens with one attached hydrogen (secondary N) is 2. The highest BCUT2D eigenvalue weighted by molar-refractivity contribution is 5.93. The summed E-state index contributed by atoms with van der Waals surface area (Å²) in [6.45, 7) is 1.95. The molecule has 0 radical (unpaired) electrons. The van der Waals surface area contributed by atoms with Crippen molar-refractivity contribution in [2.75, 3.05) is 18.0 Å². The molecule has 2 aromatic carbocycles. The summed E-state index contributed by atoms with van der Waals surface area (Å²) in [7, 11) is 0. The van der Waals surface area contributed by atoms with Crippen LogP contribution in [0, 0.1) is 0 Å². The Morgan fingerprint density at radius 2 is 1.77 bits per heavy atom. The van der Waals surface area contributed by atoms with E-state index in [9.17, 15) is 4.79 Å². The number of nitrogens with zero attached hydrogens (tertiary/aromatic N) is 1. The zero-order valence-electron chi connectivity index (χ0n) is 12.2. The summed E-state index contributed by atoms with van der Waals surface area (Å²) < 4.78 is 0. The molecule has 1 aliphatic heterocycles. The Kier molecular flexibility index (Phi) is 4.37. The van der Waals surface area contributed by atoms with Crippen LogP contribution in [0.5, 0.6) is 0 Å². The first-order chi connectivity index (χ1) is 10.8. The topological polar surface area (TPSA) is 64.6 Å². The van der Waals surface area contributed by atoms with Crippen LogP contribution < -0.4 is 15.7 Å². The molecular formula is C17H19N3O2. The second-order valence-corrected chi connectivity index (χ2v) is 5.34. The van der Waals surface area contributed by atoms with Gasteiger partial charge in [0.2, 0.25) is 0 Å². The predicted octanol–water partition coefficient (Wildman–Crippen LogP) is 2.31. The van der Waals surface area contributed by atoms with Gasteiger partial charge in [0.1, 0.15) is 0 Å². The fourth-order valence-corrected chi connectivity index (χ4v) is 2.86. The molecule has 22 heavy (non-hydrogen) atoms. The molecule has 0 aliphatic carbocycles. The normalized spacial score (nSPS) is 17.2. The third kappa shape index (κ3) is 2.95. The van der Waals surface area contributed by atoms with Crippen molar-refractivity contribution in [2.24, 2.45) is 0 Å². The molecule has 0 aromatic heterocycles. The lowest BCUT2D eigenvalue weighted by Crippen LogP contribution is -2.33. The van der Waals surface area contributed by atoms with Gasteiger partial charge in [-0.1, -0.05) is 18.2 Å². The average Bonchev–Trinajstić information content (AvgIpc) is 3.10. The molecule has 3 rings (SSSR count). The highest BCUT2D eigenvalue weighted by Gasteiger charge is 2.24. The monoisotopic (exact) mass is 297 g/mol. The van der Waals surface area contributed by atoms with E-state index in [1.807, 2.05) is 30.3 Å².